The fourth-order valence-corrected chi connectivity index (χ4v) is 3.83. The molecule has 0 fully saturated rings. The zero-order chi connectivity index (χ0) is 22.3. The number of benzene rings is 2. The molecule has 1 heterocycles. The van der Waals surface area contributed by atoms with Gasteiger partial charge in [0.1, 0.15) is 11.9 Å². The van der Waals surface area contributed by atoms with Gasteiger partial charge in [-0.15, -0.1) is 10.2 Å². The Balaban J connectivity index is 1.59. The van der Waals surface area contributed by atoms with Crippen molar-refractivity contribution in [2.75, 3.05) is 34.4 Å². The summed E-state index contributed by atoms with van der Waals surface area (Å²) in [6.45, 7) is 1.77. The number of ether oxygens (including phenoxy) is 2. The van der Waals surface area contributed by atoms with Crippen molar-refractivity contribution in [1.82, 2.24) is 19.7 Å². The number of nitrogens with zero attached hydrogens (tertiary/aromatic N) is 4. The first-order chi connectivity index (χ1) is 15.0. The van der Waals surface area contributed by atoms with Crippen molar-refractivity contribution in [3.05, 3.63) is 71.8 Å². The average molecular weight is 425 g/mol. The third kappa shape index (κ3) is 5.42. The van der Waals surface area contributed by atoms with Crippen molar-refractivity contribution in [3.63, 3.8) is 0 Å². The maximum atomic E-state index is 11.6. The molecule has 0 aliphatic rings. The molecule has 1 aromatic heterocycles. The monoisotopic (exact) mass is 424 g/mol. The Labute approximate surface area is 184 Å². The van der Waals surface area contributed by atoms with Gasteiger partial charge in [0.15, 0.2) is 17.3 Å². The number of aliphatic hydroxyl groups is 1. The summed E-state index contributed by atoms with van der Waals surface area (Å²) in [5.74, 6) is 2.05. The molecule has 0 radical (unpaired) electrons. The van der Waals surface area contributed by atoms with Gasteiger partial charge in [-0.2, -0.15) is 0 Å². The Hall–Kier alpha value is -2.90. The number of hydrogen-bond acceptors (Lipinski definition) is 6. The Morgan fingerprint density at radius 2 is 1.77 bits per heavy atom. The van der Waals surface area contributed by atoms with Crippen LogP contribution in [0.2, 0.25) is 0 Å². The van der Waals surface area contributed by atoms with Gasteiger partial charge in [0.25, 0.3) is 0 Å². The van der Waals surface area contributed by atoms with Crippen LogP contribution < -0.4 is 9.47 Å². The molecule has 7 heteroatoms. The molecule has 1 atom stereocenters. The average Bonchev–Trinajstić information content (AvgIpc) is 3.24. The van der Waals surface area contributed by atoms with Crippen LogP contribution in [0.15, 0.2) is 54.9 Å². The third-order valence-electron chi connectivity index (χ3n) is 5.64. The predicted molar refractivity (Wildman–Crippen MR) is 120 cm³/mol. The first-order valence-electron chi connectivity index (χ1n) is 10.5. The number of aryl methyl sites for hydroxylation is 1. The van der Waals surface area contributed by atoms with Crippen LogP contribution >= 0.6 is 0 Å². The molecular formula is C24H32N4O3. The molecule has 0 amide bonds. The van der Waals surface area contributed by atoms with E-state index in [1.54, 1.807) is 25.1 Å². The summed E-state index contributed by atoms with van der Waals surface area (Å²) in [4.78, 5) is 2.28. The quantitative estimate of drug-likeness (QED) is 0.510. The number of hydrogen-bond donors (Lipinski definition) is 1. The number of methoxy groups -OCH3 is 2. The summed E-state index contributed by atoms with van der Waals surface area (Å²) in [5, 5.41) is 19.7. The van der Waals surface area contributed by atoms with E-state index in [1.165, 1.54) is 5.56 Å². The van der Waals surface area contributed by atoms with E-state index in [9.17, 15) is 5.11 Å². The van der Waals surface area contributed by atoms with E-state index >= 15 is 0 Å². The fraction of sp³-hybridized carbons (Fsp3) is 0.417. The van der Waals surface area contributed by atoms with Gasteiger partial charge in [-0.1, -0.05) is 36.4 Å². The van der Waals surface area contributed by atoms with Crippen molar-refractivity contribution in [3.8, 4) is 11.5 Å². The first kappa shape index (κ1) is 22.8. The van der Waals surface area contributed by atoms with E-state index < -0.39 is 5.60 Å². The second kappa shape index (κ2) is 10.4. The number of aromatic nitrogens is 3. The number of rotatable bonds is 11. The second-order valence-electron chi connectivity index (χ2n) is 7.84. The highest BCUT2D eigenvalue weighted by Gasteiger charge is 2.35. The van der Waals surface area contributed by atoms with Crippen LogP contribution in [0.3, 0.4) is 0 Å². The topological polar surface area (TPSA) is 72.6 Å². The van der Waals surface area contributed by atoms with Gasteiger partial charge >= 0.3 is 0 Å². The predicted octanol–water partition coefficient (Wildman–Crippen LogP) is 3.02. The zero-order valence-corrected chi connectivity index (χ0v) is 18.8. The van der Waals surface area contributed by atoms with Gasteiger partial charge in [-0.05, 0) is 56.1 Å². The molecule has 3 aromatic rings. The lowest BCUT2D eigenvalue weighted by Crippen LogP contribution is -2.32. The molecule has 0 spiro atoms. The third-order valence-corrected chi connectivity index (χ3v) is 5.64. The zero-order valence-electron chi connectivity index (χ0n) is 18.8. The molecule has 7 nitrogen and oxygen atoms in total. The lowest BCUT2D eigenvalue weighted by Gasteiger charge is -2.28. The molecule has 166 valence electrons. The van der Waals surface area contributed by atoms with E-state index in [2.05, 4.69) is 28.2 Å². The minimum Gasteiger partial charge on any atom is -0.493 e. The highest BCUT2D eigenvalue weighted by Crippen LogP contribution is 2.32. The smallest absolute Gasteiger partial charge is 0.169 e. The highest BCUT2D eigenvalue weighted by molar-refractivity contribution is 5.43. The van der Waals surface area contributed by atoms with Gasteiger partial charge in [0.05, 0.1) is 14.2 Å². The Kier molecular flexibility index (Phi) is 7.65. The molecule has 1 N–H and O–H groups in total. The molecular weight excluding hydrogens is 392 g/mol. The van der Waals surface area contributed by atoms with Crippen LogP contribution in [0.4, 0.5) is 0 Å². The van der Waals surface area contributed by atoms with Gasteiger partial charge < -0.3 is 24.0 Å². The van der Waals surface area contributed by atoms with Crippen LogP contribution in [0.5, 0.6) is 11.5 Å². The lowest BCUT2D eigenvalue weighted by atomic mass is 9.88. The SMILES string of the molecule is COc1ccc(CCN(C)CCCC(O)(c2ccccc2)c2nncn2C)cc1OC. The molecule has 3 rings (SSSR count). The summed E-state index contributed by atoms with van der Waals surface area (Å²) in [7, 11) is 7.25. The van der Waals surface area contributed by atoms with Crippen molar-refractivity contribution in [2.45, 2.75) is 24.9 Å². The van der Waals surface area contributed by atoms with Crippen molar-refractivity contribution in [2.24, 2.45) is 7.05 Å². The highest BCUT2D eigenvalue weighted by atomic mass is 16.5. The normalized spacial score (nSPS) is 13.2. The van der Waals surface area contributed by atoms with Crippen molar-refractivity contribution >= 4 is 0 Å². The molecule has 0 bridgehead atoms. The minimum absolute atomic E-state index is 0.560. The molecule has 0 aliphatic carbocycles. The largest absolute Gasteiger partial charge is 0.493 e. The van der Waals surface area contributed by atoms with Crippen molar-refractivity contribution in [1.29, 1.82) is 0 Å². The van der Waals surface area contributed by atoms with Crippen LogP contribution in [0.25, 0.3) is 0 Å². The van der Waals surface area contributed by atoms with E-state index in [0.717, 1.165) is 43.0 Å². The lowest BCUT2D eigenvalue weighted by molar-refractivity contribution is 0.0535. The van der Waals surface area contributed by atoms with Crippen LogP contribution in [0.1, 0.15) is 29.8 Å². The molecule has 2 aromatic carbocycles. The molecule has 0 saturated carbocycles. The second-order valence-corrected chi connectivity index (χ2v) is 7.84. The van der Waals surface area contributed by atoms with Crippen LogP contribution in [-0.2, 0) is 19.1 Å². The Bertz CT molecular complexity index is 960. The number of likely N-dealkylation sites (N-methyl/N-ethyl adjacent to an activating group) is 1. The van der Waals surface area contributed by atoms with Crippen LogP contribution in [-0.4, -0.2) is 59.1 Å². The van der Waals surface area contributed by atoms with Gasteiger partial charge in [0.2, 0.25) is 0 Å². The summed E-state index contributed by atoms with van der Waals surface area (Å²) >= 11 is 0. The van der Waals surface area contributed by atoms with Gasteiger partial charge in [0, 0.05) is 13.6 Å². The van der Waals surface area contributed by atoms with Crippen LogP contribution in [0, 0.1) is 0 Å². The first-order valence-corrected chi connectivity index (χ1v) is 10.5. The fourth-order valence-electron chi connectivity index (χ4n) is 3.83. The van der Waals surface area contributed by atoms with E-state index in [1.807, 2.05) is 49.5 Å². The molecule has 0 saturated heterocycles. The summed E-state index contributed by atoms with van der Waals surface area (Å²) in [5.41, 5.74) is 0.861. The van der Waals surface area contributed by atoms with E-state index in [0.29, 0.717) is 12.2 Å². The maximum absolute atomic E-state index is 11.6. The minimum atomic E-state index is -1.17. The molecule has 1 unspecified atom stereocenters. The van der Waals surface area contributed by atoms with Crippen molar-refractivity contribution < 1.29 is 14.6 Å². The maximum Gasteiger partial charge on any atom is 0.169 e. The molecule has 0 aliphatic heterocycles. The van der Waals surface area contributed by atoms with Gasteiger partial charge in [-0.3, -0.25) is 0 Å². The summed E-state index contributed by atoms with van der Waals surface area (Å²) in [6, 6.07) is 15.7. The van der Waals surface area contributed by atoms with Gasteiger partial charge in [-0.25, -0.2) is 0 Å². The molecule has 31 heavy (non-hydrogen) atoms. The standard InChI is InChI=1S/C24H32N4O3/c1-27(16-13-19-11-12-21(30-3)22(17-19)31-4)15-8-14-24(29,20-9-6-5-7-10-20)23-26-25-18-28(23)2/h5-7,9-12,17-18,29H,8,13-16H2,1-4H3. The Morgan fingerprint density at radius 1 is 1.03 bits per heavy atom. The summed E-state index contributed by atoms with van der Waals surface area (Å²) < 4.78 is 12.5. The Morgan fingerprint density at radius 3 is 2.42 bits per heavy atom. The van der Waals surface area contributed by atoms with E-state index in [4.69, 9.17) is 9.47 Å². The van der Waals surface area contributed by atoms with E-state index in [-0.39, 0.29) is 0 Å². The summed E-state index contributed by atoms with van der Waals surface area (Å²) in [6.07, 6.45) is 3.91.